The molecule has 4 rings (SSSR count). The quantitative estimate of drug-likeness (QED) is 0.183. The monoisotopic (exact) mass is 730 g/mol. The van der Waals surface area contributed by atoms with Gasteiger partial charge in [0, 0.05) is 6.07 Å². The topological polar surface area (TPSA) is 193 Å². The maximum Gasteiger partial charge on any atom is 0.339 e. The first-order valence-electron chi connectivity index (χ1n) is 14.5. The van der Waals surface area contributed by atoms with Crippen LogP contribution in [0.15, 0.2) is 93.5 Å². The Morgan fingerprint density at radius 3 is 1.47 bits per heavy atom. The minimum atomic E-state index is -4.80. The molecule has 0 aromatic heterocycles. The van der Waals surface area contributed by atoms with Crippen molar-refractivity contribution >= 4 is 53.5 Å². The minimum Gasteiger partial charge on any atom is -0.480 e. The van der Waals surface area contributed by atoms with Crippen LogP contribution in [0.4, 0.5) is 11.4 Å². The fraction of sp³-hybridized carbons (Fsp3) is 0.212. The van der Waals surface area contributed by atoms with E-state index >= 15 is 0 Å². The molecule has 49 heavy (non-hydrogen) atoms. The van der Waals surface area contributed by atoms with Crippen LogP contribution in [0.1, 0.15) is 27.8 Å². The molecule has 13 nitrogen and oxygen atoms in total. The summed E-state index contributed by atoms with van der Waals surface area (Å²) in [6.07, 6.45) is 0. The molecule has 4 aromatic rings. The number of carbonyl (C=O) groups is 2. The minimum absolute atomic E-state index is 0.254. The highest BCUT2D eigenvalue weighted by Crippen LogP contribution is 2.39. The van der Waals surface area contributed by atoms with Crippen LogP contribution < -0.4 is 12.8 Å². The Bertz CT molecular complexity index is 2230. The van der Waals surface area contributed by atoms with Gasteiger partial charge in [0.1, 0.15) is 18.0 Å². The maximum absolute atomic E-state index is 13.9. The molecule has 0 spiro atoms. The summed E-state index contributed by atoms with van der Waals surface area (Å²) in [5, 5.41) is 19.5. The van der Waals surface area contributed by atoms with E-state index in [1.807, 2.05) is 0 Å². The molecule has 0 atom stereocenters. The summed E-state index contributed by atoms with van der Waals surface area (Å²) in [5.41, 5.74) is 1.79. The molecule has 0 radical (unpaired) electrons. The fourth-order valence-corrected chi connectivity index (χ4v) is 9.38. The molecule has 0 amide bonds. The largest absolute Gasteiger partial charge is 0.480 e. The second-order valence-electron chi connectivity index (χ2n) is 11.4. The van der Waals surface area contributed by atoms with E-state index in [0.29, 0.717) is 25.3 Å². The zero-order valence-electron chi connectivity index (χ0n) is 27.1. The molecule has 0 aliphatic heterocycles. The van der Waals surface area contributed by atoms with Crippen LogP contribution in [-0.2, 0) is 39.8 Å². The van der Waals surface area contributed by atoms with E-state index < -0.39 is 72.3 Å². The maximum atomic E-state index is 13.9. The zero-order chi connectivity index (χ0) is 36.5. The van der Waals surface area contributed by atoms with Crippen LogP contribution in [-0.4, -0.2) is 60.5 Å². The van der Waals surface area contributed by atoms with Gasteiger partial charge in [-0.2, -0.15) is 8.42 Å². The first kappa shape index (κ1) is 36.9. The third kappa shape index (κ3) is 8.04. The predicted molar refractivity (Wildman–Crippen MR) is 182 cm³/mol. The van der Waals surface area contributed by atoms with Gasteiger partial charge in [0.15, 0.2) is 5.75 Å². The lowest BCUT2D eigenvalue weighted by molar-refractivity contribution is -0.136. The summed E-state index contributed by atoms with van der Waals surface area (Å²) >= 11 is 0. The van der Waals surface area contributed by atoms with Gasteiger partial charge in [0.05, 0.1) is 21.2 Å². The molecule has 0 unspecified atom stereocenters. The average Bonchev–Trinajstić information content (AvgIpc) is 2.98. The Kier molecular flexibility index (Phi) is 10.5. The number of hydrogen-bond donors (Lipinski definition) is 2. The van der Waals surface area contributed by atoms with Crippen LogP contribution in [0.2, 0.25) is 0 Å². The lowest BCUT2D eigenvalue weighted by Gasteiger charge is -2.27. The van der Waals surface area contributed by atoms with Gasteiger partial charge in [-0.05, 0) is 82.1 Å². The normalized spacial score (nSPS) is 11.9. The number of anilines is 2. The second-order valence-corrected chi connectivity index (χ2v) is 16.6. The molecule has 2 N–H and O–H groups in total. The van der Waals surface area contributed by atoms with Crippen molar-refractivity contribution in [1.29, 1.82) is 0 Å². The van der Waals surface area contributed by atoms with Crippen LogP contribution in [0.3, 0.4) is 0 Å². The predicted octanol–water partition coefficient (Wildman–Crippen LogP) is 4.56. The van der Waals surface area contributed by atoms with E-state index in [4.69, 9.17) is 4.18 Å². The number of nitrogens with zero attached hydrogens (tertiary/aromatic N) is 2. The summed E-state index contributed by atoms with van der Waals surface area (Å²) in [5.74, 6) is -3.94. The molecule has 0 saturated heterocycles. The van der Waals surface area contributed by atoms with Crippen molar-refractivity contribution in [2.75, 3.05) is 21.7 Å². The van der Waals surface area contributed by atoms with Crippen molar-refractivity contribution in [2.45, 2.75) is 49.3 Å². The highest BCUT2D eigenvalue weighted by molar-refractivity contribution is 7.93. The van der Waals surface area contributed by atoms with Crippen LogP contribution in [0.5, 0.6) is 5.75 Å². The summed E-state index contributed by atoms with van der Waals surface area (Å²) in [4.78, 5) is 23.1. The van der Waals surface area contributed by atoms with Gasteiger partial charge in [-0.3, -0.25) is 18.2 Å². The summed E-state index contributed by atoms with van der Waals surface area (Å²) in [6, 6.07) is 17.0. The molecule has 0 saturated carbocycles. The second kappa shape index (κ2) is 13.9. The molecular formula is C33H34N2O11S3. The van der Waals surface area contributed by atoms with Crippen molar-refractivity contribution < 1.29 is 49.2 Å². The first-order chi connectivity index (χ1) is 22.7. The number of benzene rings is 4. The van der Waals surface area contributed by atoms with E-state index in [1.54, 1.807) is 32.9 Å². The number of carboxylic acid groups (broad SMARTS) is 2. The Morgan fingerprint density at radius 1 is 0.592 bits per heavy atom. The summed E-state index contributed by atoms with van der Waals surface area (Å²) in [7, 11) is -14.1. The van der Waals surface area contributed by atoms with Gasteiger partial charge in [0.25, 0.3) is 20.0 Å². The zero-order valence-corrected chi connectivity index (χ0v) is 29.6. The number of aryl methyl sites for hydroxylation is 5. The van der Waals surface area contributed by atoms with Crippen molar-refractivity contribution in [2.24, 2.45) is 0 Å². The highest BCUT2D eigenvalue weighted by Gasteiger charge is 2.34. The highest BCUT2D eigenvalue weighted by atomic mass is 32.2. The molecule has 16 heteroatoms. The number of aliphatic carboxylic acids is 2. The summed E-state index contributed by atoms with van der Waals surface area (Å²) < 4.78 is 89.6. The van der Waals surface area contributed by atoms with Crippen molar-refractivity contribution in [3.63, 3.8) is 0 Å². The van der Waals surface area contributed by atoms with E-state index in [1.165, 1.54) is 62.4 Å². The Labute approximate surface area is 285 Å². The van der Waals surface area contributed by atoms with Crippen LogP contribution >= 0.6 is 0 Å². The van der Waals surface area contributed by atoms with Crippen molar-refractivity contribution in [1.82, 2.24) is 0 Å². The lowest BCUT2D eigenvalue weighted by Crippen LogP contribution is -2.37. The Morgan fingerprint density at radius 2 is 1.02 bits per heavy atom. The summed E-state index contributed by atoms with van der Waals surface area (Å²) in [6.45, 7) is 5.93. The molecule has 0 aliphatic rings. The van der Waals surface area contributed by atoms with Crippen LogP contribution in [0, 0.1) is 34.6 Å². The van der Waals surface area contributed by atoms with Gasteiger partial charge in [0.2, 0.25) is 0 Å². The van der Waals surface area contributed by atoms with Gasteiger partial charge >= 0.3 is 22.1 Å². The van der Waals surface area contributed by atoms with Gasteiger partial charge in [-0.15, -0.1) is 0 Å². The number of rotatable bonds is 13. The third-order valence-corrected chi connectivity index (χ3v) is 12.4. The lowest BCUT2D eigenvalue weighted by atomic mass is 10.1. The van der Waals surface area contributed by atoms with Crippen molar-refractivity contribution in [3.05, 3.63) is 107 Å². The molecule has 0 heterocycles. The number of sulfonamides is 2. The Hall–Kier alpha value is -4.93. The van der Waals surface area contributed by atoms with Gasteiger partial charge in [-0.1, -0.05) is 53.1 Å². The number of carboxylic acids is 2. The molecule has 0 aliphatic carbocycles. The van der Waals surface area contributed by atoms with Gasteiger partial charge in [-0.25, -0.2) is 16.8 Å². The molecule has 0 bridgehead atoms. The smallest absolute Gasteiger partial charge is 0.339 e. The standard InChI is InChI=1S/C33H34N2O11S3/c1-21-6-11-27(12-7-21)47(40,41)34(19-31(36)37)26-10-15-29(35(20-32(38)39)48(42,43)28-13-8-22(2)9-14-28)30(18-26)46-49(44,45)33-24(4)16-23(3)17-25(33)5/h6-18H,19-20H2,1-5H3,(H,36,37)(H,38,39). The first-order valence-corrected chi connectivity index (χ1v) is 18.8. The van der Waals surface area contributed by atoms with Crippen LogP contribution in [0.25, 0.3) is 0 Å². The van der Waals surface area contributed by atoms with E-state index in [-0.39, 0.29) is 14.7 Å². The van der Waals surface area contributed by atoms with E-state index in [0.717, 1.165) is 29.3 Å². The molecule has 4 aromatic carbocycles. The van der Waals surface area contributed by atoms with Crippen molar-refractivity contribution in [3.8, 4) is 5.75 Å². The third-order valence-electron chi connectivity index (χ3n) is 7.33. The molecular weight excluding hydrogens is 697 g/mol. The SMILES string of the molecule is Cc1ccc(S(=O)(=O)N(CC(=O)O)c2ccc(N(CC(=O)O)S(=O)(=O)c3ccc(C)cc3)c(OS(=O)(=O)c3c(C)cc(C)cc3C)c2)cc1. The molecule has 0 fully saturated rings. The van der Waals surface area contributed by atoms with E-state index in [9.17, 15) is 45.1 Å². The fourth-order valence-electron chi connectivity index (χ4n) is 5.19. The average molecular weight is 731 g/mol. The molecule has 260 valence electrons. The van der Waals surface area contributed by atoms with E-state index in [2.05, 4.69) is 0 Å². The van der Waals surface area contributed by atoms with Gasteiger partial charge < -0.3 is 14.4 Å². The number of hydrogen-bond acceptors (Lipinski definition) is 9. The Balaban J connectivity index is 2.02.